The van der Waals surface area contributed by atoms with Gasteiger partial charge in [-0.3, -0.25) is 9.59 Å². The molecule has 2 heterocycles. The standard InChI is InChI=1S/C21H26N6O2/c1-12-19(13(2)24-21(23-12)27(4)5)26-20(29)18(25-14(3)28)10-15-11-22-17-9-7-6-8-16(15)17/h6-9,11,18,22H,10H2,1-5H3,(H,25,28)(H,26,29). The maximum Gasteiger partial charge on any atom is 0.247 e. The fraction of sp³-hybridized carbons (Fsp3) is 0.333. The van der Waals surface area contributed by atoms with E-state index in [1.165, 1.54) is 6.92 Å². The molecule has 29 heavy (non-hydrogen) atoms. The summed E-state index contributed by atoms with van der Waals surface area (Å²) < 4.78 is 0. The normalized spacial score (nSPS) is 11.9. The number of benzene rings is 1. The first kappa shape index (κ1) is 20.3. The molecule has 0 radical (unpaired) electrons. The van der Waals surface area contributed by atoms with Crippen LogP contribution in [0.4, 0.5) is 11.6 Å². The van der Waals surface area contributed by atoms with Crippen LogP contribution in [0.5, 0.6) is 0 Å². The van der Waals surface area contributed by atoms with Crippen molar-refractivity contribution in [3.05, 3.63) is 47.4 Å². The molecule has 0 aliphatic carbocycles. The first-order valence-corrected chi connectivity index (χ1v) is 9.41. The second-order valence-corrected chi connectivity index (χ2v) is 7.27. The molecule has 0 spiro atoms. The van der Waals surface area contributed by atoms with Crippen LogP contribution >= 0.6 is 0 Å². The molecule has 8 nitrogen and oxygen atoms in total. The zero-order valence-corrected chi connectivity index (χ0v) is 17.3. The Morgan fingerprint density at radius 1 is 1.14 bits per heavy atom. The topological polar surface area (TPSA) is 103 Å². The second-order valence-electron chi connectivity index (χ2n) is 7.27. The van der Waals surface area contributed by atoms with Gasteiger partial charge >= 0.3 is 0 Å². The van der Waals surface area contributed by atoms with Crippen LogP contribution in [0.15, 0.2) is 30.5 Å². The van der Waals surface area contributed by atoms with Gasteiger partial charge in [-0.2, -0.15) is 0 Å². The fourth-order valence-corrected chi connectivity index (χ4v) is 3.26. The van der Waals surface area contributed by atoms with Crippen molar-refractivity contribution in [2.24, 2.45) is 0 Å². The number of nitrogens with one attached hydrogen (secondary N) is 3. The molecule has 3 aromatic rings. The smallest absolute Gasteiger partial charge is 0.247 e. The van der Waals surface area contributed by atoms with Gasteiger partial charge in [0.25, 0.3) is 0 Å². The molecule has 3 N–H and O–H groups in total. The van der Waals surface area contributed by atoms with Crippen molar-refractivity contribution in [3.8, 4) is 0 Å². The Labute approximate surface area is 169 Å². The molecule has 1 unspecified atom stereocenters. The van der Waals surface area contributed by atoms with Gasteiger partial charge in [-0.05, 0) is 25.5 Å². The Kier molecular flexibility index (Phi) is 5.81. The van der Waals surface area contributed by atoms with Gasteiger partial charge in [0.2, 0.25) is 17.8 Å². The van der Waals surface area contributed by atoms with Crippen LogP contribution in [0.25, 0.3) is 10.9 Å². The van der Waals surface area contributed by atoms with Gasteiger partial charge in [0.1, 0.15) is 6.04 Å². The van der Waals surface area contributed by atoms with E-state index >= 15 is 0 Å². The number of anilines is 2. The predicted molar refractivity (Wildman–Crippen MR) is 114 cm³/mol. The first-order chi connectivity index (χ1) is 13.8. The highest BCUT2D eigenvalue weighted by atomic mass is 16.2. The molecule has 0 fully saturated rings. The molecule has 3 rings (SSSR count). The number of aryl methyl sites for hydroxylation is 2. The second kappa shape index (κ2) is 8.30. The maximum absolute atomic E-state index is 13.0. The van der Waals surface area contributed by atoms with E-state index in [2.05, 4.69) is 25.6 Å². The third-order valence-electron chi connectivity index (χ3n) is 4.70. The third-order valence-corrected chi connectivity index (χ3v) is 4.70. The fourth-order valence-electron chi connectivity index (χ4n) is 3.26. The zero-order valence-electron chi connectivity index (χ0n) is 17.3. The van der Waals surface area contributed by atoms with Crippen LogP contribution in [0.3, 0.4) is 0 Å². The Balaban J connectivity index is 1.86. The van der Waals surface area contributed by atoms with E-state index in [1.54, 1.807) is 0 Å². The van der Waals surface area contributed by atoms with Gasteiger partial charge in [-0.1, -0.05) is 18.2 Å². The molecule has 2 amide bonds. The Bertz CT molecular complexity index is 1030. The SMILES string of the molecule is CC(=O)NC(Cc1c[nH]c2ccccc12)C(=O)Nc1c(C)nc(N(C)C)nc1C. The number of H-pyrrole nitrogens is 1. The molecular weight excluding hydrogens is 368 g/mol. The number of hydrogen-bond donors (Lipinski definition) is 3. The molecule has 0 aliphatic rings. The van der Waals surface area contributed by atoms with E-state index in [0.717, 1.165) is 16.5 Å². The summed E-state index contributed by atoms with van der Waals surface area (Å²) in [5.41, 5.74) is 3.85. The molecule has 152 valence electrons. The Morgan fingerprint density at radius 2 is 1.79 bits per heavy atom. The number of carbonyl (C=O) groups excluding carboxylic acids is 2. The number of aromatic nitrogens is 3. The van der Waals surface area contributed by atoms with Gasteiger partial charge in [-0.15, -0.1) is 0 Å². The monoisotopic (exact) mass is 394 g/mol. The van der Waals surface area contributed by atoms with E-state index < -0.39 is 6.04 Å². The lowest BCUT2D eigenvalue weighted by Crippen LogP contribution is -2.44. The Morgan fingerprint density at radius 3 is 2.41 bits per heavy atom. The number of para-hydroxylation sites is 1. The minimum Gasteiger partial charge on any atom is -0.361 e. The van der Waals surface area contributed by atoms with Crippen molar-refractivity contribution in [3.63, 3.8) is 0 Å². The molecule has 0 saturated heterocycles. The minimum atomic E-state index is -0.723. The Hall–Kier alpha value is -3.42. The quantitative estimate of drug-likeness (QED) is 0.595. The van der Waals surface area contributed by atoms with Gasteiger partial charge in [-0.25, -0.2) is 9.97 Å². The van der Waals surface area contributed by atoms with Gasteiger partial charge < -0.3 is 20.5 Å². The molecule has 0 aliphatic heterocycles. The number of rotatable bonds is 6. The summed E-state index contributed by atoms with van der Waals surface area (Å²) >= 11 is 0. The maximum atomic E-state index is 13.0. The number of fused-ring (bicyclic) bond motifs is 1. The average molecular weight is 394 g/mol. The summed E-state index contributed by atoms with van der Waals surface area (Å²) in [6.07, 6.45) is 2.24. The van der Waals surface area contributed by atoms with Gasteiger partial charge in [0, 0.05) is 44.5 Å². The van der Waals surface area contributed by atoms with Crippen LogP contribution in [0, 0.1) is 13.8 Å². The molecule has 0 bridgehead atoms. The van der Waals surface area contributed by atoms with Crippen molar-refractivity contribution in [2.45, 2.75) is 33.2 Å². The minimum absolute atomic E-state index is 0.266. The summed E-state index contributed by atoms with van der Waals surface area (Å²) in [6.45, 7) is 5.05. The highest BCUT2D eigenvalue weighted by Gasteiger charge is 2.23. The number of carbonyl (C=O) groups is 2. The van der Waals surface area contributed by atoms with Crippen LogP contribution in [0.1, 0.15) is 23.9 Å². The van der Waals surface area contributed by atoms with Crippen LogP contribution < -0.4 is 15.5 Å². The van der Waals surface area contributed by atoms with Crippen LogP contribution in [0.2, 0.25) is 0 Å². The van der Waals surface area contributed by atoms with Crippen LogP contribution in [-0.2, 0) is 16.0 Å². The number of hydrogen-bond acceptors (Lipinski definition) is 5. The summed E-state index contributed by atoms with van der Waals surface area (Å²) in [7, 11) is 3.72. The third kappa shape index (κ3) is 4.53. The van der Waals surface area contributed by atoms with Crippen molar-refractivity contribution in [1.82, 2.24) is 20.3 Å². The number of nitrogens with zero attached hydrogens (tertiary/aromatic N) is 3. The van der Waals surface area contributed by atoms with Crippen molar-refractivity contribution >= 4 is 34.4 Å². The van der Waals surface area contributed by atoms with E-state index in [4.69, 9.17) is 0 Å². The predicted octanol–water partition coefficient (Wildman–Crippen LogP) is 2.33. The van der Waals surface area contributed by atoms with Gasteiger partial charge in [0.05, 0.1) is 17.1 Å². The van der Waals surface area contributed by atoms with Crippen molar-refractivity contribution in [2.75, 3.05) is 24.3 Å². The molecule has 2 aromatic heterocycles. The summed E-state index contributed by atoms with van der Waals surface area (Å²) in [5, 5.41) is 6.69. The molecular formula is C21H26N6O2. The summed E-state index contributed by atoms with van der Waals surface area (Å²) in [4.78, 5) is 38.6. The van der Waals surface area contributed by atoms with Crippen molar-refractivity contribution in [1.29, 1.82) is 0 Å². The zero-order chi connectivity index (χ0) is 21.1. The lowest BCUT2D eigenvalue weighted by Gasteiger charge is -2.20. The van der Waals surface area contributed by atoms with E-state index in [1.807, 2.05) is 63.3 Å². The van der Waals surface area contributed by atoms with E-state index in [-0.39, 0.29) is 11.8 Å². The molecule has 0 saturated carbocycles. The lowest BCUT2D eigenvalue weighted by molar-refractivity contribution is -0.125. The highest BCUT2D eigenvalue weighted by Crippen LogP contribution is 2.22. The summed E-state index contributed by atoms with van der Waals surface area (Å²) in [6, 6.07) is 7.14. The number of amides is 2. The van der Waals surface area contributed by atoms with E-state index in [9.17, 15) is 9.59 Å². The summed E-state index contributed by atoms with van der Waals surface area (Å²) in [5.74, 6) is 0.00530. The number of aromatic amines is 1. The first-order valence-electron chi connectivity index (χ1n) is 9.41. The highest BCUT2D eigenvalue weighted by molar-refractivity contribution is 5.98. The van der Waals surface area contributed by atoms with Crippen molar-refractivity contribution < 1.29 is 9.59 Å². The largest absolute Gasteiger partial charge is 0.361 e. The van der Waals surface area contributed by atoms with E-state index in [0.29, 0.717) is 29.4 Å². The van der Waals surface area contributed by atoms with Crippen LogP contribution in [-0.4, -0.2) is 46.9 Å². The average Bonchev–Trinajstić information content (AvgIpc) is 3.06. The molecule has 1 aromatic carbocycles. The molecule has 8 heteroatoms. The lowest BCUT2D eigenvalue weighted by atomic mass is 10.0. The van der Waals surface area contributed by atoms with Gasteiger partial charge in [0.15, 0.2) is 0 Å². The molecule has 1 atom stereocenters.